The van der Waals surface area contributed by atoms with Crippen LogP contribution in [0.2, 0.25) is 0 Å². The van der Waals surface area contributed by atoms with E-state index in [4.69, 9.17) is 5.11 Å². The van der Waals surface area contributed by atoms with E-state index in [1.807, 2.05) is 6.92 Å². The molecule has 1 saturated carbocycles. The number of carboxylic acids is 1. The number of likely N-dealkylation sites (tertiary alicyclic amines) is 1. The Labute approximate surface area is 103 Å². The van der Waals surface area contributed by atoms with Crippen LogP contribution in [0.1, 0.15) is 45.4 Å². The highest BCUT2D eigenvalue weighted by molar-refractivity contribution is 5.80. The van der Waals surface area contributed by atoms with Gasteiger partial charge in [0.25, 0.3) is 0 Å². The molecule has 0 bridgehead atoms. The van der Waals surface area contributed by atoms with Crippen molar-refractivity contribution in [3.05, 3.63) is 11.6 Å². The molecule has 0 amide bonds. The van der Waals surface area contributed by atoms with Gasteiger partial charge in [-0.25, -0.2) is 4.79 Å². The molecule has 0 aromatic carbocycles. The van der Waals surface area contributed by atoms with Crippen LogP contribution in [-0.2, 0) is 4.79 Å². The molecule has 17 heavy (non-hydrogen) atoms. The molecule has 0 unspecified atom stereocenters. The summed E-state index contributed by atoms with van der Waals surface area (Å²) in [6.45, 7) is 5.02. The van der Waals surface area contributed by atoms with Gasteiger partial charge >= 0.3 is 5.97 Å². The Bertz CT molecular complexity index is 306. The average molecular weight is 237 g/mol. The van der Waals surface area contributed by atoms with Gasteiger partial charge in [0.05, 0.1) is 0 Å². The molecule has 2 fully saturated rings. The summed E-state index contributed by atoms with van der Waals surface area (Å²) in [5.41, 5.74) is 1.61. The Kier molecular flexibility index (Phi) is 3.87. The molecule has 1 aliphatic carbocycles. The molecule has 1 aliphatic heterocycles. The first kappa shape index (κ1) is 12.6. The van der Waals surface area contributed by atoms with Crippen molar-refractivity contribution in [3.63, 3.8) is 0 Å². The number of hydrogen-bond acceptors (Lipinski definition) is 2. The maximum atomic E-state index is 10.6. The van der Waals surface area contributed by atoms with E-state index >= 15 is 0 Å². The molecule has 96 valence electrons. The van der Waals surface area contributed by atoms with Gasteiger partial charge in [-0.05, 0) is 51.1 Å². The first-order chi connectivity index (χ1) is 8.10. The lowest BCUT2D eigenvalue weighted by atomic mass is 9.77. The summed E-state index contributed by atoms with van der Waals surface area (Å²) in [5.74, 6) is -0.827. The van der Waals surface area contributed by atoms with Crippen molar-refractivity contribution in [1.29, 1.82) is 0 Å². The van der Waals surface area contributed by atoms with Gasteiger partial charge in [0, 0.05) is 12.6 Å². The standard InChI is InChI=1S/C14H23NO2/c1-12(10-13(16)17)11-15-8-6-14(7-9-15)4-2-3-5-14/h10H,2-9,11H2,1H3,(H,16,17)/b12-10+. The molecule has 0 radical (unpaired) electrons. The van der Waals surface area contributed by atoms with Crippen LogP contribution in [0.15, 0.2) is 11.6 Å². The van der Waals surface area contributed by atoms with Crippen molar-refractivity contribution in [2.45, 2.75) is 45.4 Å². The molecule has 0 aromatic rings. The molecule has 1 spiro atoms. The zero-order valence-electron chi connectivity index (χ0n) is 10.7. The van der Waals surface area contributed by atoms with Gasteiger partial charge in [-0.2, -0.15) is 0 Å². The topological polar surface area (TPSA) is 40.5 Å². The van der Waals surface area contributed by atoms with E-state index in [2.05, 4.69) is 4.90 Å². The second-order valence-electron chi connectivity index (χ2n) is 5.81. The highest BCUT2D eigenvalue weighted by Gasteiger charge is 2.36. The lowest BCUT2D eigenvalue weighted by Crippen LogP contribution is -2.39. The Morgan fingerprint density at radius 2 is 1.82 bits per heavy atom. The van der Waals surface area contributed by atoms with E-state index in [-0.39, 0.29) is 0 Å². The molecule has 0 atom stereocenters. The number of nitrogens with zero attached hydrogens (tertiary/aromatic N) is 1. The summed E-state index contributed by atoms with van der Waals surface area (Å²) in [4.78, 5) is 13.0. The highest BCUT2D eigenvalue weighted by Crippen LogP contribution is 2.46. The van der Waals surface area contributed by atoms with Crippen LogP contribution in [0.4, 0.5) is 0 Å². The van der Waals surface area contributed by atoms with Crippen molar-refractivity contribution >= 4 is 5.97 Å². The molecule has 3 nitrogen and oxygen atoms in total. The second-order valence-corrected chi connectivity index (χ2v) is 5.81. The number of rotatable bonds is 3. The van der Waals surface area contributed by atoms with Gasteiger partial charge < -0.3 is 5.11 Å². The van der Waals surface area contributed by atoms with Gasteiger partial charge in [0.15, 0.2) is 0 Å². The molecule has 0 aromatic heterocycles. The number of hydrogen-bond donors (Lipinski definition) is 1. The van der Waals surface area contributed by atoms with Gasteiger partial charge in [-0.1, -0.05) is 18.4 Å². The Balaban J connectivity index is 1.81. The Hall–Kier alpha value is -0.830. The SMILES string of the molecule is C/C(=C\C(=O)O)CN1CCC2(CCCC2)CC1. The van der Waals surface area contributed by atoms with Gasteiger partial charge in [-0.3, -0.25) is 4.90 Å². The van der Waals surface area contributed by atoms with Crippen LogP contribution in [0.25, 0.3) is 0 Å². The minimum absolute atomic E-state index is 0.654. The lowest BCUT2D eigenvalue weighted by molar-refractivity contribution is -0.131. The van der Waals surface area contributed by atoms with Crippen molar-refractivity contribution in [2.24, 2.45) is 5.41 Å². The predicted octanol–water partition coefficient (Wildman–Crippen LogP) is 2.67. The summed E-state index contributed by atoms with van der Waals surface area (Å²) in [6.07, 6.45) is 9.63. The fourth-order valence-electron chi connectivity index (χ4n) is 3.42. The first-order valence-electron chi connectivity index (χ1n) is 6.72. The summed E-state index contributed by atoms with van der Waals surface area (Å²) in [6, 6.07) is 0. The zero-order valence-corrected chi connectivity index (χ0v) is 10.7. The van der Waals surface area contributed by atoms with E-state index in [1.54, 1.807) is 0 Å². The molecule has 1 saturated heterocycles. The maximum absolute atomic E-state index is 10.6. The van der Waals surface area contributed by atoms with Crippen molar-refractivity contribution < 1.29 is 9.90 Å². The van der Waals surface area contributed by atoms with E-state index in [1.165, 1.54) is 44.6 Å². The average Bonchev–Trinajstić information content (AvgIpc) is 2.69. The third-order valence-corrected chi connectivity index (χ3v) is 4.42. The number of carbonyl (C=O) groups is 1. The second kappa shape index (κ2) is 5.21. The summed E-state index contributed by atoms with van der Waals surface area (Å²) in [5, 5.41) is 8.69. The number of piperidine rings is 1. The van der Waals surface area contributed by atoms with E-state index in [0.29, 0.717) is 5.41 Å². The molecule has 2 aliphatic rings. The number of carboxylic acid groups (broad SMARTS) is 1. The van der Waals surface area contributed by atoms with E-state index in [9.17, 15) is 4.79 Å². The third-order valence-electron chi connectivity index (χ3n) is 4.42. The maximum Gasteiger partial charge on any atom is 0.328 e. The monoisotopic (exact) mass is 237 g/mol. The zero-order chi connectivity index (χ0) is 12.3. The molecule has 2 rings (SSSR count). The third kappa shape index (κ3) is 3.32. The van der Waals surface area contributed by atoms with Crippen LogP contribution < -0.4 is 0 Å². The minimum Gasteiger partial charge on any atom is -0.478 e. The van der Waals surface area contributed by atoms with Crippen molar-refractivity contribution in [1.82, 2.24) is 4.90 Å². The largest absolute Gasteiger partial charge is 0.478 e. The summed E-state index contributed by atoms with van der Waals surface area (Å²) in [7, 11) is 0. The predicted molar refractivity (Wildman–Crippen MR) is 68.0 cm³/mol. The Morgan fingerprint density at radius 3 is 2.35 bits per heavy atom. The normalized spacial score (nSPS) is 25.4. The summed E-state index contributed by atoms with van der Waals surface area (Å²) < 4.78 is 0. The van der Waals surface area contributed by atoms with Crippen molar-refractivity contribution in [3.8, 4) is 0 Å². The smallest absolute Gasteiger partial charge is 0.328 e. The van der Waals surface area contributed by atoms with Crippen LogP contribution in [0.5, 0.6) is 0 Å². The summed E-state index contributed by atoms with van der Waals surface area (Å²) >= 11 is 0. The van der Waals surface area contributed by atoms with E-state index < -0.39 is 5.97 Å². The van der Waals surface area contributed by atoms with Crippen LogP contribution in [-0.4, -0.2) is 35.6 Å². The lowest BCUT2D eigenvalue weighted by Gasteiger charge is -2.39. The van der Waals surface area contributed by atoms with Crippen LogP contribution in [0, 0.1) is 5.41 Å². The highest BCUT2D eigenvalue weighted by atomic mass is 16.4. The fourth-order valence-corrected chi connectivity index (χ4v) is 3.42. The van der Waals surface area contributed by atoms with E-state index in [0.717, 1.165) is 25.2 Å². The van der Waals surface area contributed by atoms with Gasteiger partial charge in [0.2, 0.25) is 0 Å². The molecular formula is C14H23NO2. The first-order valence-corrected chi connectivity index (χ1v) is 6.72. The number of aliphatic carboxylic acids is 1. The van der Waals surface area contributed by atoms with Gasteiger partial charge in [0.1, 0.15) is 0 Å². The molecule has 1 heterocycles. The van der Waals surface area contributed by atoms with Crippen molar-refractivity contribution in [2.75, 3.05) is 19.6 Å². The van der Waals surface area contributed by atoms with Crippen LogP contribution >= 0.6 is 0 Å². The van der Waals surface area contributed by atoms with Gasteiger partial charge in [-0.15, -0.1) is 0 Å². The fraction of sp³-hybridized carbons (Fsp3) is 0.786. The quantitative estimate of drug-likeness (QED) is 0.767. The molecule has 3 heteroatoms. The van der Waals surface area contributed by atoms with Crippen LogP contribution in [0.3, 0.4) is 0 Å². The molecule has 1 N–H and O–H groups in total. The Morgan fingerprint density at radius 1 is 1.24 bits per heavy atom. The minimum atomic E-state index is -0.827. The molecular weight excluding hydrogens is 214 g/mol.